The highest BCUT2D eigenvalue weighted by Gasteiger charge is 1.93. The molecule has 0 unspecified atom stereocenters. The number of hydrazone groups is 1. The van der Waals surface area contributed by atoms with Crippen LogP contribution in [0.15, 0.2) is 46.2 Å². The molecular formula is C11H8BrClN4. The highest BCUT2D eigenvalue weighted by atomic mass is 79.9. The van der Waals surface area contributed by atoms with Gasteiger partial charge in [0.2, 0.25) is 5.95 Å². The third kappa shape index (κ3) is 3.80. The van der Waals surface area contributed by atoms with Crippen molar-refractivity contribution in [3.05, 3.63) is 51.7 Å². The van der Waals surface area contributed by atoms with Crippen LogP contribution in [0, 0.1) is 0 Å². The van der Waals surface area contributed by atoms with E-state index in [0.29, 0.717) is 11.0 Å². The van der Waals surface area contributed by atoms with Gasteiger partial charge in [-0.1, -0.05) is 23.7 Å². The quantitative estimate of drug-likeness (QED) is 0.698. The molecule has 0 aliphatic rings. The Kier molecular flexibility index (Phi) is 4.06. The highest BCUT2D eigenvalue weighted by Crippen LogP contribution is 2.09. The van der Waals surface area contributed by atoms with Gasteiger partial charge in [0.1, 0.15) is 0 Å². The third-order valence-electron chi connectivity index (χ3n) is 1.85. The molecule has 0 radical (unpaired) electrons. The van der Waals surface area contributed by atoms with Gasteiger partial charge in [-0.15, -0.1) is 0 Å². The van der Waals surface area contributed by atoms with Crippen LogP contribution in [-0.4, -0.2) is 16.2 Å². The molecule has 2 aromatic rings. The Balaban J connectivity index is 2.00. The lowest BCUT2D eigenvalue weighted by Gasteiger charge is -1.97. The first-order chi connectivity index (χ1) is 8.24. The largest absolute Gasteiger partial charge is 0.245 e. The van der Waals surface area contributed by atoms with Gasteiger partial charge in [0.15, 0.2) is 0 Å². The third-order valence-corrected chi connectivity index (χ3v) is 2.49. The average molecular weight is 312 g/mol. The summed E-state index contributed by atoms with van der Waals surface area (Å²) in [5, 5.41) is 4.68. The van der Waals surface area contributed by atoms with Gasteiger partial charge in [0.25, 0.3) is 0 Å². The molecule has 0 aliphatic heterocycles. The average Bonchev–Trinajstić information content (AvgIpc) is 2.32. The Morgan fingerprint density at radius 2 is 2.06 bits per heavy atom. The summed E-state index contributed by atoms with van der Waals surface area (Å²) in [5.74, 6) is 0.437. The Bertz CT molecular complexity index is 527. The van der Waals surface area contributed by atoms with Crippen LogP contribution in [-0.2, 0) is 0 Å². The predicted molar refractivity (Wildman–Crippen MR) is 72.4 cm³/mol. The van der Waals surface area contributed by atoms with Crippen molar-refractivity contribution >= 4 is 39.7 Å². The smallest absolute Gasteiger partial charge is 0.243 e. The summed E-state index contributed by atoms with van der Waals surface area (Å²) < 4.78 is 0.821. The zero-order chi connectivity index (χ0) is 12.1. The van der Waals surface area contributed by atoms with Gasteiger partial charge in [0, 0.05) is 17.4 Å². The second kappa shape index (κ2) is 5.75. The maximum atomic E-state index is 5.85. The van der Waals surface area contributed by atoms with Gasteiger partial charge in [-0.2, -0.15) is 5.10 Å². The van der Waals surface area contributed by atoms with Crippen molar-refractivity contribution in [2.24, 2.45) is 5.10 Å². The molecule has 17 heavy (non-hydrogen) atoms. The molecule has 1 heterocycles. The Hall–Kier alpha value is -1.46. The molecular weight excluding hydrogens is 304 g/mol. The number of rotatable bonds is 3. The zero-order valence-electron chi connectivity index (χ0n) is 8.64. The molecule has 6 heteroatoms. The van der Waals surface area contributed by atoms with Crippen LogP contribution in [0.25, 0.3) is 0 Å². The molecule has 2 rings (SSSR count). The topological polar surface area (TPSA) is 50.2 Å². The summed E-state index contributed by atoms with van der Waals surface area (Å²) >= 11 is 9.10. The van der Waals surface area contributed by atoms with Crippen molar-refractivity contribution in [3.8, 4) is 0 Å². The minimum absolute atomic E-state index is 0.437. The second-order valence-electron chi connectivity index (χ2n) is 3.15. The first-order valence-corrected chi connectivity index (χ1v) is 5.93. The van der Waals surface area contributed by atoms with E-state index in [1.807, 2.05) is 24.3 Å². The summed E-state index contributed by atoms with van der Waals surface area (Å²) in [7, 11) is 0. The lowest BCUT2D eigenvalue weighted by atomic mass is 10.2. The van der Waals surface area contributed by atoms with E-state index < -0.39 is 0 Å². The zero-order valence-corrected chi connectivity index (χ0v) is 11.0. The first kappa shape index (κ1) is 12.0. The summed E-state index contributed by atoms with van der Waals surface area (Å²) in [6.07, 6.45) is 4.94. The standard InChI is InChI=1S/C11H8BrClN4/c12-9-6-14-11(15-7-9)17-16-5-8-2-1-3-10(13)4-8/h1-7H,(H,14,15,17)/b16-5-. The molecule has 1 aromatic heterocycles. The van der Waals surface area contributed by atoms with Crippen molar-refractivity contribution in [1.82, 2.24) is 9.97 Å². The predicted octanol–water partition coefficient (Wildman–Crippen LogP) is 3.34. The van der Waals surface area contributed by atoms with Crippen molar-refractivity contribution < 1.29 is 0 Å². The van der Waals surface area contributed by atoms with Gasteiger partial charge in [0.05, 0.1) is 10.7 Å². The van der Waals surface area contributed by atoms with Crippen LogP contribution < -0.4 is 5.43 Å². The Labute approximate surface area is 112 Å². The fraction of sp³-hybridized carbons (Fsp3) is 0. The number of hydrogen-bond acceptors (Lipinski definition) is 4. The fourth-order valence-electron chi connectivity index (χ4n) is 1.12. The molecule has 0 amide bonds. The molecule has 0 saturated heterocycles. The van der Waals surface area contributed by atoms with Crippen LogP contribution >= 0.6 is 27.5 Å². The fourth-order valence-corrected chi connectivity index (χ4v) is 1.52. The van der Waals surface area contributed by atoms with Crippen molar-refractivity contribution in [2.45, 2.75) is 0 Å². The molecule has 1 aromatic carbocycles. The van der Waals surface area contributed by atoms with E-state index in [-0.39, 0.29) is 0 Å². The van der Waals surface area contributed by atoms with Crippen LogP contribution in [0.1, 0.15) is 5.56 Å². The van der Waals surface area contributed by atoms with Gasteiger partial charge in [-0.05, 0) is 33.6 Å². The number of halogens is 2. The number of nitrogens with zero attached hydrogens (tertiary/aromatic N) is 3. The summed E-state index contributed by atoms with van der Waals surface area (Å²) in [6.45, 7) is 0. The maximum Gasteiger partial charge on any atom is 0.243 e. The number of benzene rings is 1. The summed E-state index contributed by atoms with van der Waals surface area (Å²) in [5.41, 5.74) is 3.63. The normalized spacial score (nSPS) is 10.7. The highest BCUT2D eigenvalue weighted by molar-refractivity contribution is 9.10. The van der Waals surface area contributed by atoms with E-state index >= 15 is 0 Å². The summed E-state index contributed by atoms with van der Waals surface area (Å²) in [6, 6.07) is 7.39. The lowest BCUT2D eigenvalue weighted by Crippen LogP contribution is -1.95. The summed E-state index contributed by atoms with van der Waals surface area (Å²) in [4.78, 5) is 8.04. The Morgan fingerprint density at radius 1 is 1.29 bits per heavy atom. The minimum atomic E-state index is 0.437. The lowest BCUT2D eigenvalue weighted by molar-refractivity contribution is 1.11. The monoisotopic (exact) mass is 310 g/mol. The van der Waals surface area contributed by atoms with E-state index in [4.69, 9.17) is 11.6 Å². The van der Waals surface area contributed by atoms with Crippen molar-refractivity contribution in [3.63, 3.8) is 0 Å². The van der Waals surface area contributed by atoms with E-state index in [1.54, 1.807) is 18.6 Å². The van der Waals surface area contributed by atoms with Gasteiger partial charge >= 0.3 is 0 Å². The molecule has 4 nitrogen and oxygen atoms in total. The van der Waals surface area contributed by atoms with E-state index in [9.17, 15) is 0 Å². The molecule has 0 aliphatic carbocycles. The SMILES string of the molecule is Clc1cccc(/C=N\Nc2ncc(Br)cn2)c1. The molecule has 1 N–H and O–H groups in total. The molecule has 0 fully saturated rings. The molecule has 0 saturated carbocycles. The maximum absolute atomic E-state index is 5.85. The van der Waals surface area contributed by atoms with E-state index in [2.05, 4.69) is 36.4 Å². The van der Waals surface area contributed by atoms with Crippen LogP contribution in [0.4, 0.5) is 5.95 Å². The van der Waals surface area contributed by atoms with E-state index in [0.717, 1.165) is 10.0 Å². The van der Waals surface area contributed by atoms with Gasteiger partial charge in [-0.25, -0.2) is 15.4 Å². The van der Waals surface area contributed by atoms with Crippen LogP contribution in [0.3, 0.4) is 0 Å². The van der Waals surface area contributed by atoms with Crippen LogP contribution in [0.5, 0.6) is 0 Å². The van der Waals surface area contributed by atoms with Gasteiger partial charge < -0.3 is 0 Å². The number of nitrogens with one attached hydrogen (secondary N) is 1. The minimum Gasteiger partial charge on any atom is -0.245 e. The van der Waals surface area contributed by atoms with Crippen LogP contribution in [0.2, 0.25) is 5.02 Å². The first-order valence-electron chi connectivity index (χ1n) is 4.76. The number of anilines is 1. The molecule has 0 spiro atoms. The second-order valence-corrected chi connectivity index (χ2v) is 4.50. The van der Waals surface area contributed by atoms with Crippen molar-refractivity contribution in [1.29, 1.82) is 0 Å². The van der Waals surface area contributed by atoms with E-state index in [1.165, 1.54) is 0 Å². The number of aromatic nitrogens is 2. The molecule has 0 atom stereocenters. The molecule has 86 valence electrons. The Morgan fingerprint density at radius 3 is 2.76 bits per heavy atom. The molecule has 0 bridgehead atoms. The van der Waals surface area contributed by atoms with Crippen molar-refractivity contribution in [2.75, 3.05) is 5.43 Å². The number of hydrogen-bond donors (Lipinski definition) is 1. The van der Waals surface area contributed by atoms with Gasteiger partial charge in [-0.3, -0.25) is 0 Å².